The summed E-state index contributed by atoms with van der Waals surface area (Å²) in [7, 11) is 0. The minimum absolute atomic E-state index is 0.0696. The highest BCUT2D eigenvalue weighted by Gasteiger charge is 2.15. The van der Waals surface area contributed by atoms with Crippen molar-refractivity contribution in [3.05, 3.63) is 30.1 Å². The first-order chi connectivity index (χ1) is 6.56. The van der Waals surface area contributed by atoms with Crippen molar-refractivity contribution >= 4 is 17.6 Å². The van der Waals surface area contributed by atoms with Crippen LogP contribution in [-0.2, 0) is 4.79 Å². The van der Waals surface area contributed by atoms with Crippen molar-refractivity contribution in [3.8, 4) is 0 Å². The lowest BCUT2D eigenvalue weighted by atomic mass is 10.2. The lowest BCUT2D eigenvalue weighted by Gasteiger charge is -2.00. The van der Waals surface area contributed by atoms with E-state index in [2.05, 4.69) is 16.9 Å². The molecule has 0 radical (unpaired) electrons. The fraction of sp³-hybridized carbons (Fsp3) is 0.111. The molecule has 0 fully saturated rings. The van der Waals surface area contributed by atoms with Gasteiger partial charge in [0.05, 0.1) is 5.69 Å². The Morgan fingerprint density at radius 1 is 1.64 bits per heavy atom. The predicted molar refractivity (Wildman–Crippen MR) is 51.3 cm³/mol. The van der Waals surface area contributed by atoms with Crippen molar-refractivity contribution in [2.24, 2.45) is 0 Å². The molecule has 0 unspecified atom stereocenters. The third kappa shape index (κ3) is 1.82. The Hall–Kier alpha value is -2.04. The Balaban J connectivity index is 3.03. The van der Waals surface area contributed by atoms with Crippen LogP contribution in [0.15, 0.2) is 18.9 Å². The monoisotopic (exact) mass is 194 g/mol. The van der Waals surface area contributed by atoms with Gasteiger partial charge in [0.25, 0.3) is 0 Å². The number of aromatic amines is 1. The molecule has 1 rings (SSSR count). The SMILES string of the molecule is C=CC(=O)Nc1c[nH]c(C)c1C(=O)O. The van der Waals surface area contributed by atoms with Crippen LogP contribution in [0.1, 0.15) is 16.1 Å². The molecule has 0 atom stereocenters. The molecule has 0 saturated carbocycles. The molecule has 3 N–H and O–H groups in total. The molecule has 1 aromatic rings. The number of nitrogens with one attached hydrogen (secondary N) is 2. The molecular weight excluding hydrogens is 184 g/mol. The Morgan fingerprint density at radius 3 is 2.79 bits per heavy atom. The summed E-state index contributed by atoms with van der Waals surface area (Å²) in [4.78, 5) is 24.4. The summed E-state index contributed by atoms with van der Waals surface area (Å²) >= 11 is 0. The quantitative estimate of drug-likeness (QED) is 0.631. The van der Waals surface area contributed by atoms with Crippen LogP contribution in [0, 0.1) is 6.92 Å². The van der Waals surface area contributed by atoms with E-state index in [0.717, 1.165) is 6.08 Å². The second-order valence-electron chi connectivity index (χ2n) is 2.70. The Kier molecular flexibility index (Phi) is 2.71. The van der Waals surface area contributed by atoms with E-state index in [-0.39, 0.29) is 11.3 Å². The number of hydrogen-bond acceptors (Lipinski definition) is 2. The van der Waals surface area contributed by atoms with Crippen LogP contribution in [0.25, 0.3) is 0 Å². The van der Waals surface area contributed by atoms with E-state index < -0.39 is 11.9 Å². The van der Waals surface area contributed by atoms with Gasteiger partial charge in [-0.25, -0.2) is 4.79 Å². The largest absolute Gasteiger partial charge is 0.478 e. The summed E-state index contributed by atoms with van der Waals surface area (Å²) < 4.78 is 0. The highest BCUT2D eigenvalue weighted by atomic mass is 16.4. The molecule has 0 bridgehead atoms. The lowest BCUT2D eigenvalue weighted by molar-refractivity contribution is -0.111. The van der Waals surface area contributed by atoms with Crippen LogP contribution in [-0.4, -0.2) is 22.0 Å². The minimum atomic E-state index is -1.08. The number of H-pyrrole nitrogens is 1. The fourth-order valence-electron chi connectivity index (χ4n) is 1.08. The summed E-state index contributed by atoms with van der Waals surface area (Å²) in [5, 5.41) is 11.2. The normalized spacial score (nSPS) is 9.50. The first-order valence-electron chi connectivity index (χ1n) is 3.91. The summed E-state index contributed by atoms with van der Waals surface area (Å²) in [5.74, 6) is -1.52. The zero-order chi connectivity index (χ0) is 10.7. The molecule has 5 nitrogen and oxygen atoms in total. The maximum Gasteiger partial charge on any atom is 0.339 e. The molecule has 1 heterocycles. The van der Waals surface area contributed by atoms with E-state index in [1.165, 1.54) is 6.20 Å². The topological polar surface area (TPSA) is 82.2 Å². The first-order valence-corrected chi connectivity index (χ1v) is 3.91. The van der Waals surface area contributed by atoms with Gasteiger partial charge < -0.3 is 15.4 Å². The van der Waals surface area contributed by atoms with Crippen molar-refractivity contribution in [2.75, 3.05) is 5.32 Å². The van der Waals surface area contributed by atoms with Crippen molar-refractivity contribution in [2.45, 2.75) is 6.92 Å². The van der Waals surface area contributed by atoms with Gasteiger partial charge >= 0.3 is 5.97 Å². The van der Waals surface area contributed by atoms with E-state index >= 15 is 0 Å². The number of hydrogen-bond donors (Lipinski definition) is 3. The van der Waals surface area contributed by atoms with Gasteiger partial charge in [0.2, 0.25) is 5.91 Å². The summed E-state index contributed by atoms with van der Waals surface area (Å²) in [5.41, 5.74) is 0.817. The maximum absolute atomic E-state index is 10.9. The molecule has 0 aliphatic carbocycles. The standard InChI is InChI=1S/C9H10N2O3/c1-3-7(12)11-6-4-10-5(2)8(6)9(13)14/h3-4,10H,1H2,2H3,(H,11,12)(H,13,14). The van der Waals surface area contributed by atoms with Crippen LogP contribution in [0.5, 0.6) is 0 Å². The lowest BCUT2D eigenvalue weighted by Crippen LogP contribution is -2.10. The van der Waals surface area contributed by atoms with Crippen molar-refractivity contribution < 1.29 is 14.7 Å². The number of carbonyl (C=O) groups is 2. The van der Waals surface area contributed by atoms with Crippen molar-refractivity contribution in [1.29, 1.82) is 0 Å². The van der Waals surface area contributed by atoms with Gasteiger partial charge in [-0.1, -0.05) is 6.58 Å². The number of aromatic carboxylic acids is 1. The Morgan fingerprint density at radius 2 is 2.29 bits per heavy atom. The van der Waals surface area contributed by atoms with Crippen LogP contribution >= 0.6 is 0 Å². The molecule has 5 heteroatoms. The Bertz CT molecular complexity index is 393. The molecule has 0 aliphatic rings. The molecule has 1 amide bonds. The first kappa shape index (κ1) is 10.0. The van der Waals surface area contributed by atoms with E-state index in [1.807, 2.05) is 0 Å². The third-order valence-corrected chi connectivity index (χ3v) is 1.73. The molecule has 1 aromatic heterocycles. The highest BCUT2D eigenvalue weighted by molar-refractivity contribution is 6.04. The third-order valence-electron chi connectivity index (χ3n) is 1.73. The number of anilines is 1. The number of carboxylic acids is 1. The zero-order valence-corrected chi connectivity index (χ0v) is 7.63. The number of carboxylic acid groups (broad SMARTS) is 1. The second kappa shape index (κ2) is 3.78. The van der Waals surface area contributed by atoms with E-state index in [4.69, 9.17) is 5.11 Å². The van der Waals surface area contributed by atoms with Gasteiger partial charge in [0, 0.05) is 11.9 Å². The molecule has 0 aromatic carbocycles. The van der Waals surface area contributed by atoms with Gasteiger partial charge in [-0.3, -0.25) is 4.79 Å². The van der Waals surface area contributed by atoms with Crippen LogP contribution in [0.3, 0.4) is 0 Å². The summed E-state index contributed by atoms with van der Waals surface area (Å²) in [6, 6.07) is 0. The molecule has 14 heavy (non-hydrogen) atoms. The van der Waals surface area contributed by atoms with Crippen LogP contribution in [0.2, 0.25) is 0 Å². The molecular formula is C9H10N2O3. The molecule has 0 saturated heterocycles. The van der Waals surface area contributed by atoms with E-state index in [9.17, 15) is 9.59 Å². The van der Waals surface area contributed by atoms with Crippen molar-refractivity contribution in [1.82, 2.24) is 4.98 Å². The van der Waals surface area contributed by atoms with Gasteiger partial charge in [-0.15, -0.1) is 0 Å². The van der Waals surface area contributed by atoms with E-state index in [0.29, 0.717) is 5.69 Å². The maximum atomic E-state index is 10.9. The minimum Gasteiger partial charge on any atom is -0.478 e. The molecule has 0 aliphatic heterocycles. The average molecular weight is 194 g/mol. The highest BCUT2D eigenvalue weighted by Crippen LogP contribution is 2.18. The molecule has 0 spiro atoms. The predicted octanol–water partition coefficient (Wildman–Crippen LogP) is 1.15. The fourth-order valence-corrected chi connectivity index (χ4v) is 1.08. The Labute approximate surface area is 80.4 Å². The summed E-state index contributed by atoms with van der Waals surface area (Å²) in [6.45, 7) is 4.89. The average Bonchev–Trinajstić information content (AvgIpc) is 2.46. The zero-order valence-electron chi connectivity index (χ0n) is 7.63. The van der Waals surface area contributed by atoms with Gasteiger partial charge in [0.15, 0.2) is 0 Å². The van der Waals surface area contributed by atoms with Gasteiger partial charge in [-0.2, -0.15) is 0 Å². The van der Waals surface area contributed by atoms with E-state index in [1.54, 1.807) is 6.92 Å². The van der Waals surface area contributed by atoms with Crippen molar-refractivity contribution in [3.63, 3.8) is 0 Å². The van der Waals surface area contributed by atoms with Gasteiger partial charge in [-0.05, 0) is 13.0 Å². The number of aromatic nitrogens is 1. The number of rotatable bonds is 3. The van der Waals surface area contributed by atoms with Gasteiger partial charge in [0.1, 0.15) is 5.56 Å². The summed E-state index contributed by atoms with van der Waals surface area (Å²) in [6.07, 6.45) is 2.51. The number of amides is 1. The number of carbonyl (C=O) groups excluding carboxylic acids is 1. The second-order valence-corrected chi connectivity index (χ2v) is 2.70. The van der Waals surface area contributed by atoms with Crippen LogP contribution in [0.4, 0.5) is 5.69 Å². The molecule has 74 valence electrons. The number of aryl methyl sites for hydroxylation is 1. The van der Waals surface area contributed by atoms with Crippen LogP contribution < -0.4 is 5.32 Å². The smallest absolute Gasteiger partial charge is 0.339 e.